The van der Waals surface area contributed by atoms with Crippen molar-refractivity contribution in [2.45, 2.75) is 12.5 Å². The van der Waals surface area contributed by atoms with Gasteiger partial charge in [-0.15, -0.1) is 12.4 Å². The van der Waals surface area contributed by atoms with Gasteiger partial charge in [0.1, 0.15) is 0 Å². The van der Waals surface area contributed by atoms with Crippen molar-refractivity contribution in [2.24, 2.45) is 5.73 Å². The fraction of sp³-hybridized carbons (Fsp3) is 0.333. The van der Waals surface area contributed by atoms with Crippen LogP contribution < -0.4 is 15.2 Å². The maximum atomic E-state index is 12.4. The largest absolute Gasteiger partial charge is 0.454 e. The molecule has 1 heterocycles. The van der Waals surface area contributed by atoms with Crippen LogP contribution in [0.3, 0.4) is 0 Å². The predicted octanol–water partition coefficient (Wildman–Crippen LogP) is 2.76. The summed E-state index contributed by atoms with van der Waals surface area (Å²) >= 11 is 5.80. The Hall–Kier alpha value is -0.780. The lowest BCUT2D eigenvalue weighted by Crippen LogP contribution is -2.19. The summed E-state index contributed by atoms with van der Waals surface area (Å²) in [4.78, 5) is 0. The monoisotopic (exact) mass is 271 g/mol. The minimum atomic E-state index is -2.66. The average molecular weight is 272 g/mol. The minimum absolute atomic E-state index is 0. The molecular weight excluding hydrogens is 263 g/mol. The fourth-order valence-electron chi connectivity index (χ4n) is 1.32. The Morgan fingerprint density at radius 2 is 1.81 bits per heavy atom. The van der Waals surface area contributed by atoms with E-state index < -0.39 is 12.5 Å². The number of hydrogen-bond donors (Lipinski definition) is 1. The maximum absolute atomic E-state index is 12.4. The normalized spacial score (nSPS) is 14.8. The van der Waals surface area contributed by atoms with Crippen LogP contribution in [0.1, 0.15) is 11.6 Å². The molecule has 3 nitrogen and oxygen atoms in total. The lowest BCUT2D eigenvalue weighted by atomic mass is 10.1. The van der Waals surface area contributed by atoms with E-state index in [-0.39, 0.29) is 29.8 Å². The molecule has 0 spiro atoms. The van der Waals surface area contributed by atoms with Crippen LogP contribution in [0.2, 0.25) is 5.02 Å². The molecular formula is C9H9Cl2F2NO2. The van der Waals surface area contributed by atoms with Gasteiger partial charge in [-0.05, 0) is 11.6 Å². The van der Waals surface area contributed by atoms with Gasteiger partial charge in [0.15, 0.2) is 11.5 Å². The molecule has 0 fully saturated rings. The summed E-state index contributed by atoms with van der Waals surface area (Å²) in [6.07, 6.45) is -2.66. The van der Waals surface area contributed by atoms with Crippen molar-refractivity contribution < 1.29 is 18.3 Å². The van der Waals surface area contributed by atoms with E-state index in [2.05, 4.69) is 0 Å². The highest BCUT2D eigenvalue weighted by Crippen LogP contribution is 2.39. The zero-order valence-electron chi connectivity index (χ0n) is 7.95. The first-order valence-corrected chi connectivity index (χ1v) is 4.60. The van der Waals surface area contributed by atoms with E-state index in [1.54, 1.807) is 0 Å². The van der Waals surface area contributed by atoms with E-state index in [4.69, 9.17) is 26.8 Å². The first-order chi connectivity index (χ1) is 7.09. The molecule has 90 valence electrons. The van der Waals surface area contributed by atoms with E-state index in [9.17, 15) is 8.78 Å². The quantitative estimate of drug-likeness (QED) is 0.900. The predicted molar refractivity (Wildman–Crippen MR) is 57.8 cm³/mol. The standard InChI is InChI=1S/C9H8ClF2NO2.ClH/c10-5-2-7-6(14-3-15-7)1-4(5)8(13)9(11)12;/h1-2,8-9H,3,13H2;1H/t8-;/m0./s1. The molecule has 0 bridgehead atoms. The topological polar surface area (TPSA) is 44.5 Å². The molecule has 1 aromatic rings. The molecule has 0 saturated heterocycles. The van der Waals surface area contributed by atoms with Crippen molar-refractivity contribution in [1.82, 2.24) is 0 Å². The molecule has 1 atom stereocenters. The van der Waals surface area contributed by atoms with Gasteiger partial charge in [-0.1, -0.05) is 11.6 Å². The summed E-state index contributed by atoms with van der Waals surface area (Å²) < 4.78 is 34.9. The summed E-state index contributed by atoms with van der Waals surface area (Å²) in [5.41, 5.74) is 5.46. The third-order valence-electron chi connectivity index (χ3n) is 2.12. The van der Waals surface area contributed by atoms with Crippen LogP contribution in [0.15, 0.2) is 12.1 Å². The highest BCUT2D eigenvalue weighted by Gasteiger charge is 2.24. The van der Waals surface area contributed by atoms with Gasteiger partial charge >= 0.3 is 0 Å². The van der Waals surface area contributed by atoms with Crippen molar-refractivity contribution in [3.63, 3.8) is 0 Å². The van der Waals surface area contributed by atoms with Crippen LogP contribution in [0.4, 0.5) is 8.78 Å². The molecule has 0 saturated carbocycles. The number of alkyl halides is 2. The van der Waals surface area contributed by atoms with Gasteiger partial charge in [0.2, 0.25) is 6.79 Å². The van der Waals surface area contributed by atoms with E-state index >= 15 is 0 Å². The molecule has 0 aromatic heterocycles. The van der Waals surface area contributed by atoms with E-state index in [1.807, 2.05) is 0 Å². The van der Waals surface area contributed by atoms with E-state index in [0.29, 0.717) is 11.5 Å². The number of rotatable bonds is 2. The van der Waals surface area contributed by atoms with Gasteiger partial charge in [-0.25, -0.2) is 8.78 Å². The van der Waals surface area contributed by atoms with Crippen LogP contribution in [0.25, 0.3) is 0 Å². The van der Waals surface area contributed by atoms with Gasteiger partial charge < -0.3 is 15.2 Å². The molecule has 1 aromatic carbocycles. The van der Waals surface area contributed by atoms with Crippen molar-refractivity contribution in [2.75, 3.05) is 6.79 Å². The number of halogens is 4. The third kappa shape index (κ3) is 2.31. The lowest BCUT2D eigenvalue weighted by molar-refractivity contribution is 0.116. The summed E-state index contributed by atoms with van der Waals surface area (Å²) in [6, 6.07) is 1.41. The van der Waals surface area contributed by atoms with Gasteiger partial charge in [-0.2, -0.15) is 0 Å². The molecule has 1 aliphatic heterocycles. The van der Waals surface area contributed by atoms with Gasteiger partial charge in [0.25, 0.3) is 6.43 Å². The Kier molecular flexibility index (Phi) is 4.18. The molecule has 0 radical (unpaired) electrons. The number of nitrogens with two attached hydrogens (primary N) is 1. The minimum Gasteiger partial charge on any atom is -0.454 e. The highest BCUT2D eigenvalue weighted by molar-refractivity contribution is 6.31. The molecule has 2 rings (SSSR count). The lowest BCUT2D eigenvalue weighted by Gasteiger charge is -2.13. The second-order valence-electron chi connectivity index (χ2n) is 3.09. The zero-order chi connectivity index (χ0) is 11.0. The first-order valence-electron chi connectivity index (χ1n) is 4.22. The summed E-state index contributed by atoms with van der Waals surface area (Å²) in [5, 5.41) is 0.159. The number of fused-ring (bicyclic) bond motifs is 1. The molecule has 0 aliphatic carbocycles. The Bertz CT molecular complexity index is 390. The van der Waals surface area contributed by atoms with Crippen molar-refractivity contribution >= 4 is 24.0 Å². The fourth-order valence-corrected chi connectivity index (χ4v) is 1.60. The first kappa shape index (κ1) is 13.3. The Labute approximate surface area is 102 Å². The van der Waals surface area contributed by atoms with Gasteiger partial charge in [-0.3, -0.25) is 0 Å². The van der Waals surface area contributed by atoms with Crippen LogP contribution in [-0.4, -0.2) is 13.2 Å². The molecule has 1 aliphatic rings. The maximum Gasteiger partial charge on any atom is 0.257 e. The second-order valence-corrected chi connectivity index (χ2v) is 3.49. The SMILES string of the molecule is Cl.N[C@@H](c1cc2c(cc1Cl)OCO2)C(F)F. The van der Waals surface area contributed by atoms with Crippen LogP contribution in [0.5, 0.6) is 11.5 Å². The van der Waals surface area contributed by atoms with Crippen LogP contribution >= 0.6 is 24.0 Å². The molecule has 2 N–H and O–H groups in total. The number of hydrogen-bond acceptors (Lipinski definition) is 3. The molecule has 0 unspecified atom stereocenters. The van der Waals surface area contributed by atoms with Crippen LogP contribution in [-0.2, 0) is 0 Å². The van der Waals surface area contributed by atoms with Crippen LogP contribution in [0, 0.1) is 0 Å². The average Bonchev–Trinajstić information content (AvgIpc) is 2.62. The number of ether oxygens (including phenoxy) is 2. The zero-order valence-corrected chi connectivity index (χ0v) is 9.52. The van der Waals surface area contributed by atoms with E-state index in [1.165, 1.54) is 12.1 Å². The second kappa shape index (κ2) is 5.03. The Balaban J connectivity index is 0.00000128. The summed E-state index contributed by atoms with van der Waals surface area (Å²) in [6.45, 7) is 0.0685. The van der Waals surface area contributed by atoms with Crippen molar-refractivity contribution in [1.29, 1.82) is 0 Å². The highest BCUT2D eigenvalue weighted by atomic mass is 35.5. The summed E-state index contributed by atoms with van der Waals surface area (Å²) in [5.74, 6) is 0.843. The molecule has 0 amide bonds. The molecule has 16 heavy (non-hydrogen) atoms. The summed E-state index contributed by atoms with van der Waals surface area (Å²) in [7, 11) is 0. The third-order valence-corrected chi connectivity index (χ3v) is 2.45. The van der Waals surface area contributed by atoms with Gasteiger partial charge in [0, 0.05) is 11.1 Å². The number of benzene rings is 1. The van der Waals surface area contributed by atoms with Crippen molar-refractivity contribution in [3.05, 3.63) is 22.7 Å². The Morgan fingerprint density at radius 3 is 2.38 bits per heavy atom. The van der Waals surface area contributed by atoms with E-state index in [0.717, 1.165) is 0 Å². The smallest absolute Gasteiger partial charge is 0.257 e. The molecule has 7 heteroatoms. The van der Waals surface area contributed by atoms with Crippen molar-refractivity contribution in [3.8, 4) is 11.5 Å². The van der Waals surface area contributed by atoms with Gasteiger partial charge in [0.05, 0.1) is 6.04 Å². The Morgan fingerprint density at radius 1 is 1.25 bits per heavy atom.